The molecule has 0 fully saturated rings. The molecule has 0 aliphatic heterocycles. The van der Waals surface area contributed by atoms with Gasteiger partial charge in [-0.25, -0.2) is 0 Å². The van der Waals surface area contributed by atoms with Crippen LogP contribution in [0.25, 0.3) is 6.08 Å². The minimum absolute atomic E-state index is 0.182. The minimum atomic E-state index is -0.182. The average molecular weight is 385 g/mol. The lowest BCUT2D eigenvalue weighted by Crippen LogP contribution is -2.28. The Bertz CT molecular complexity index is 853. The fraction of sp³-hybridized carbons (Fsp3) is 0.429. The minimum Gasteiger partial charge on any atom is -0.313 e. The third-order valence-electron chi connectivity index (χ3n) is 5.57. The number of fused-ring (bicyclic) bond motifs is 1. The van der Waals surface area contributed by atoms with Gasteiger partial charge in [0, 0.05) is 15.8 Å². The van der Waals surface area contributed by atoms with Crippen LogP contribution in [0.4, 0.5) is 5.00 Å². The number of amides is 1. The summed E-state index contributed by atoms with van der Waals surface area (Å²) in [5.41, 5.74) is 2.12. The largest absolute Gasteiger partial charge is 0.313 e. The lowest BCUT2D eigenvalue weighted by atomic mass is 9.69. The van der Waals surface area contributed by atoms with Gasteiger partial charge in [0.15, 0.2) is 0 Å². The molecule has 1 atom stereocenters. The topological polar surface area (TPSA) is 52.9 Å². The van der Waals surface area contributed by atoms with Gasteiger partial charge >= 0.3 is 0 Å². The highest BCUT2D eigenvalue weighted by molar-refractivity contribution is 7.16. The first kappa shape index (κ1) is 18.9. The fourth-order valence-electron chi connectivity index (χ4n) is 3.45. The van der Waals surface area contributed by atoms with E-state index in [0.717, 1.165) is 36.1 Å². The highest BCUT2D eigenvalue weighted by atomic mass is 32.1. The monoisotopic (exact) mass is 384 g/mol. The molecule has 2 aromatic heterocycles. The molecule has 2 aromatic rings. The maximum Gasteiger partial charge on any atom is 0.249 e. The summed E-state index contributed by atoms with van der Waals surface area (Å²) in [4.78, 5) is 14.6. The van der Waals surface area contributed by atoms with E-state index in [9.17, 15) is 10.1 Å². The quantitative estimate of drug-likeness (QED) is 0.655. The van der Waals surface area contributed by atoms with E-state index in [0.29, 0.717) is 21.9 Å². The number of hydrogen-bond acceptors (Lipinski definition) is 4. The number of nitrogens with one attached hydrogen (secondary N) is 1. The van der Waals surface area contributed by atoms with Gasteiger partial charge < -0.3 is 5.32 Å². The Kier molecular flexibility index (Phi) is 5.64. The zero-order chi connectivity index (χ0) is 18.7. The van der Waals surface area contributed by atoms with Crippen LogP contribution in [-0.2, 0) is 17.6 Å². The van der Waals surface area contributed by atoms with Gasteiger partial charge in [-0.15, -0.1) is 22.7 Å². The first-order chi connectivity index (χ1) is 12.4. The molecule has 0 bridgehead atoms. The first-order valence-electron chi connectivity index (χ1n) is 9.01. The molecule has 3 nitrogen and oxygen atoms in total. The van der Waals surface area contributed by atoms with Crippen LogP contribution < -0.4 is 5.32 Å². The number of anilines is 1. The molecule has 2 heterocycles. The Hall–Kier alpha value is -1.90. The highest BCUT2D eigenvalue weighted by Crippen LogP contribution is 2.45. The summed E-state index contributed by atoms with van der Waals surface area (Å²) in [6.45, 7) is 6.91. The van der Waals surface area contributed by atoms with Crippen molar-refractivity contribution in [2.75, 3.05) is 5.32 Å². The van der Waals surface area contributed by atoms with Gasteiger partial charge in [-0.05, 0) is 53.7 Å². The molecule has 0 unspecified atom stereocenters. The standard InChI is InChI=1S/C21H24N2OS2/c1-4-21(2,3)14-7-9-16-17(13-22)20(26-18(16)12-14)23-19(24)10-8-15-6-5-11-25-15/h5-6,8,10-11,14H,4,7,9,12H2,1-3H3,(H,23,24)/b10-8+/t14-/m1/s1. The van der Waals surface area contributed by atoms with Crippen molar-refractivity contribution in [1.29, 1.82) is 5.26 Å². The second-order valence-corrected chi connectivity index (χ2v) is 9.52. The highest BCUT2D eigenvalue weighted by Gasteiger charge is 2.33. The number of nitrogens with zero attached hydrogens (tertiary/aromatic N) is 1. The number of thiophene rings is 2. The normalized spacial score (nSPS) is 17.1. The molecule has 0 radical (unpaired) electrons. The van der Waals surface area contributed by atoms with E-state index >= 15 is 0 Å². The molecular weight excluding hydrogens is 360 g/mol. The van der Waals surface area contributed by atoms with Gasteiger partial charge in [0.25, 0.3) is 0 Å². The van der Waals surface area contributed by atoms with Crippen LogP contribution in [0, 0.1) is 22.7 Å². The van der Waals surface area contributed by atoms with Crippen molar-refractivity contribution in [3.05, 3.63) is 44.5 Å². The zero-order valence-corrected chi connectivity index (χ0v) is 17.1. The van der Waals surface area contributed by atoms with Crippen molar-refractivity contribution in [3.8, 4) is 6.07 Å². The van der Waals surface area contributed by atoms with Crippen molar-refractivity contribution >= 4 is 39.7 Å². The molecule has 1 aliphatic rings. The molecule has 1 aliphatic carbocycles. The van der Waals surface area contributed by atoms with Crippen molar-refractivity contribution < 1.29 is 4.79 Å². The van der Waals surface area contributed by atoms with Gasteiger partial charge in [0.05, 0.1) is 5.56 Å². The third-order valence-corrected chi connectivity index (χ3v) is 7.58. The van der Waals surface area contributed by atoms with E-state index in [4.69, 9.17) is 0 Å². The van der Waals surface area contributed by atoms with Crippen LogP contribution >= 0.6 is 22.7 Å². The molecule has 26 heavy (non-hydrogen) atoms. The zero-order valence-electron chi connectivity index (χ0n) is 15.5. The maximum atomic E-state index is 12.3. The fourth-order valence-corrected chi connectivity index (χ4v) is 5.34. The molecule has 0 spiro atoms. The Morgan fingerprint density at radius 1 is 1.50 bits per heavy atom. The average Bonchev–Trinajstić information content (AvgIpc) is 3.26. The lowest BCUT2D eigenvalue weighted by Gasteiger charge is -2.36. The Morgan fingerprint density at radius 3 is 2.96 bits per heavy atom. The van der Waals surface area contributed by atoms with Gasteiger partial charge in [-0.1, -0.05) is 33.3 Å². The molecule has 1 N–H and O–H groups in total. The van der Waals surface area contributed by atoms with E-state index in [-0.39, 0.29) is 5.91 Å². The van der Waals surface area contributed by atoms with Crippen LogP contribution in [0.1, 0.15) is 54.5 Å². The summed E-state index contributed by atoms with van der Waals surface area (Å²) >= 11 is 3.17. The molecule has 0 saturated heterocycles. The first-order valence-corrected chi connectivity index (χ1v) is 10.7. The molecule has 0 aromatic carbocycles. The van der Waals surface area contributed by atoms with Gasteiger partial charge in [0.2, 0.25) is 5.91 Å². The number of hydrogen-bond donors (Lipinski definition) is 1. The summed E-state index contributed by atoms with van der Waals surface area (Å²) in [6, 6.07) is 6.24. The molecular formula is C21H24N2OS2. The van der Waals surface area contributed by atoms with E-state index in [1.165, 1.54) is 11.0 Å². The number of carbonyl (C=O) groups excluding carboxylic acids is 1. The summed E-state index contributed by atoms with van der Waals surface area (Å²) < 4.78 is 0. The van der Waals surface area contributed by atoms with E-state index in [2.05, 4.69) is 32.2 Å². The Morgan fingerprint density at radius 2 is 2.31 bits per heavy atom. The number of carbonyl (C=O) groups is 1. The summed E-state index contributed by atoms with van der Waals surface area (Å²) in [5.74, 6) is 0.450. The van der Waals surface area contributed by atoms with Crippen molar-refractivity contribution in [2.24, 2.45) is 11.3 Å². The predicted octanol–water partition coefficient (Wildman–Crippen LogP) is 5.87. The lowest BCUT2D eigenvalue weighted by molar-refractivity contribution is -0.111. The molecule has 1 amide bonds. The number of nitriles is 1. The van der Waals surface area contributed by atoms with Gasteiger partial charge in [-0.2, -0.15) is 5.26 Å². The van der Waals surface area contributed by atoms with E-state index in [1.54, 1.807) is 28.7 Å². The smallest absolute Gasteiger partial charge is 0.249 e. The van der Waals surface area contributed by atoms with Crippen LogP contribution in [0.3, 0.4) is 0 Å². The second-order valence-electron chi connectivity index (χ2n) is 7.44. The van der Waals surface area contributed by atoms with Crippen molar-refractivity contribution in [3.63, 3.8) is 0 Å². The molecule has 3 rings (SSSR count). The summed E-state index contributed by atoms with van der Waals surface area (Å²) in [7, 11) is 0. The van der Waals surface area contributed by atoms with Gasteiger partial charge in [0.1, 0.15) is 11.1 Å². The Balaban J connectivity index is 1.78. The maximum absolute atomic E-state index is 12.3. The number of rotatable bonds is 5. The van der Waals surface area contributed by atoms with E-state index in [1.807, 2.05) is 17.5 Å². The van der Waals surface area contributed by atoms with Crippen LogP contribution in [0.15, 0.2) is 23.6 Å². The van der Waals surface area contributed by atoms with Crippen LogP contribution in [0.2, 0.25) is 0 Å². The SMILES string of the molecule is CCC(C)(C)[C@@H]1CCc2c(sc(NC(=O)/C=C/c3cccs3)c2C#N)C1. The summed E-state index contributed by atoms with van der Waals surface area (Å²) in [6.07, 6.45) is 7.56. The van der Waals surface area contributed by atoms with E-state index < -0.39 is 0 Å². The van der Waals surface area contributed by atoms with Crippen molar-refractivity contribution in [2.45, 2.75) is 46.5 Å². The molecule has 0 saturated carbocycles. The summed E-state index contributed by atoms with van der Waals surface area (Å²) in [5, 5.41) is 15.2. The predicted molar refractivity (Wildman–Crippen MR) is 111 cm³/mol. The molecule has 5 heteroatoms. The van der Waals surface area contributed by atoms with Gasteiger partial charge in [-0.3, -0.25) is 4.79 Å². The van der Waals surface area contributed by atoms with Crippen LogP contribution in [-0.4, -0.2) is 5.91 Å². The Labute approximate surface area is 163 Å². The van der Waals surface area contributed by atoms with Crippen molar-refractivity contribution in [1.82, 2.24) is 0 Å². The van der Waals surface area contributed by atoms with Crippen LogP contribution in [0.5, 0.6) is 0 Å². The molecule has 136 valence electrons. The third kappa shape index (κ3) is 3.92. The second kappa shape index (κ2) is 7.77.